The second kappa shape index (κ2) is 7.07. The zero-order valence-electron chi connectivity index (χ0n) is 10.5. The van der Waals surface area contributed by atoms with Crippen molar-refractivity contribution >= 4 is 27.3 Å². The Labute approximate surface area is 121 Å². The minimum absolute atomic E-state index is 0.424. The second-order valence-electron chi connectivity index (χ2n) is 4.25. The molecule has 0 saturated carbocycles. The topological polar surface area (TPSA) is 12.0 Å². The Morgan fingerprint density at radius 3 is 2.72 bits per heavy atom. The molecule has 1 N–H and O–H groups in total. The minimum Gasteiger partial charge on any atom is -0.310 e. The molecule has 96 valence electrons. The molecule has 1 heterocycles. The molecular weight excluding hydrogens is 306 g/mol. The average molecular weight is 324 g/mol. The van der Waals surface area contributed by atoms with Gasteiger partial charge in [-0.05, 0) is 42.5 Å². The second-order valence-corrected chi connectivity index (χ2v) is 6.14. The van der Waals surface area contributed by atoms with Gasteiger partial charge in [-0.2, -0.15) is 0 Å². The highest BCUT2D eigenvalue weighted by atomic mass is 79.9. The number of thiophene rings is 1. The summed E-state index contributed by atoms with van der Waals surface area (Å²) in [6.07, 6.45) is 2.27. The van der Waals surface area contributed by atoms with Gasteiger partial charge in [-0.3, -0.25) is 0 Å². The first-order valence-corrected chi connectivity index (χ1v) is 7.98. The van der Waals surface area contributed by atoms with Gasteiger partial charge in [0.1, 0.15) is 0 Å². The van der Waals surface area contributed by atoms with E-state index in [-0.39, 0.29) is 0 Å². The third kappa shape index (κ3) is 3.67. The van der Waals surface area contributed by atoms with Gasteiger partial charge in [-0.1, -0.05) is 47.1 Å². The fourth-order valence-electron chi connectivity index (χ4n) is 2.11. The van der Waals surface area contributed by atoms with Gasteiger partial charge in [0.25, 0.3) is 0 Å². The van der Waals surface area contributed by atoms with E-state index < -0.39 is 0 Å². The Bertz CT molecular complexity index is 467. The average Bonchev–Trinajstić information content (AvgIpc) is 2.88. The van der Waals surface area contributed by atoms with E-state index in [1.54, 1.807) is 0 Å². The summed E-state index contributed by atoms with van der Waals surface area (Å²) in [5.74, 6) is 0. The van der Waals surface area contributed by atoms with E-state index in [1.165, 1.54) is 14.9 Å². The molecule has 1 aromatic carbocycles. The summed E-state index contributed by atoms with van der Waals surface area (Å²) < 4.78 is 1.20. The summed E-state index contributed by atoms with van der Waals surface area (Å²) in [5, 5.41) is 5.73. The van der Waals surface area contributed by atoms with Crippen LogP contribution >= 0.6 is 27.3 Å². The first-order chi connectivity index (χ1) is 8.81. The number of benzene rings is 1. The first kappa shape index (κ1) is 13.8. The summed E-state index contributed by atoms with van der Waals surface area (Å²) >= 11 is 5.49. The molecule has 0 radical (unpaired) electrons. The third-order valence-electron chi connectivity index (χ3n) is 2.99. The first-order valence-electron chi connectivity index (χ1n) is 6.31. The highest BCUT2D eigenvalue weighted by Gasteiger charge is 2.13. The van der Waals surface area contributed by atoms with E-state index in [4.69, 9.17) is 0 Å². The van der Waals surface area contributed by atoms with Crippen LogP contribution in [0.3, 0.4) is 0 Å². The van der Waals surface area contributed by atoms with Crippen LogP contribution in [0.5, 0.6) is 0 Å². The molecule has 1 atom stereocenters. The maximum absolute atomic E-state index is 3.65. The van der Waals surface area contributed by atoms with Crippen LogP contribution in [-0.2, 0) is 6.42 Å². The monoisotopic (exact) mass is 323 g/mol. The van der Waals surface area contributed by atoms with Crippen LogP contribution in [0.25, 0.3) is 0 Å². The number of hydrogen-bond acceptors (Lipinski definition) is 2. The van der Waals surface area contributed by atoms with Gasteiger partial charge < -0.3 is 5.32 Å². The van der Waals surface area contributed by atoms with Gasteiger partial charge >= 0.3 is 0 Å². The van der Waals surface area contributed by atoms with Gasteiger partial charge in [0.15, 0.2) is 0 Å². The summed E-state index contributed by atoms with van der Waals surface area (Å²) in [5.41, 5.74) is 1.36. The molecule has 0 aliphatic carbocycles. The molecular formula is C15H18BrNS. The zero-order valence-corrected chi connectivity index (χ0v) is 12.9. The number of aryl methyl sites for hydroxylation is 1. The van der Waals surface area contributed by atoms with Gasteiger partial charge in [-0.25, -0.2) is 0 Å². The summed E-state index contributed by atoms with van der Waals surface area (Å²) in [6.45, 7) is 3.16. The summed E-state index contributed by atoms with van der Waals surface area (Å²) in [6, 6.07) is 13.3. The molecule has 2 rings (SSSR count). The number of hydrogen-bond donors (Lipinski definition) is 1. The molecule has 0 spiro atoms. The number of halogens is 1. The lowest BCUT2D eigenvalue weighted by Gasteiger charge is -2.19. The third-order valence-corrected chi connectivity index (χ3v) is 4.65. The van der Waals surface area contributed by atoms with E-state index in [2.05, 4.69) is 69.9 Å². The lowest BCUT2D eigenvalue weighted by atomic mass is 10.0. The van der Waals surface area contributed by atoms with Crippen LogP contribution in [0.4, 0.5) is 0 Å². The van der Waals surface area contributed by atoms with E-state index in [9.17, 15) is 0 Å². The lowest BCUT2D eigenvalue weighted by Crippen LogP contribution is -2.21. The van der Waals surface area contributed by atoms with E-state index in [0.29, 0.717) is 6.04 Å². The van der Waals surface area contributed by atoms with Crippen molar-refractivity contribution in [1.29, 1.82) is 0 Å². The Morgan fingerprint density at radius 1 is 1.22 bits per heavy atom. The van der Waals surface area contributed by atoms with Gasteiger partial charge in [0.2, 0.25) is 0 Å². The van der Waals surface area contributed by atoms with E-state index in [0.717, 1.165) is 19.4 Å². The molecule has 1 unspecified atom stereocenters. The molecule has 0 aliphatic rings. The van der Waals surface area contributed by atoms with Crippen LogP contribution in [0, 0.1) is 0 Å². The van der Waals surface area contributed by atoms with Crippen molar-refractivity contribution in [3.05, 3.63) is 56.7 Å². The molecule has 0 amide bonds. The molecule has 0 aliphatic heterocycles. The highest BCUT2D eigenvalue weighted by Crippen LogP contribution is 2.27. The quantitative estimate of drug-likeness (QED) is 0.805. The van der Waals surface area contributed by atoms with Crippen molar-refractivity contribution in [2.75, 3.05) is 6.54 Å². The van der Waals surface area contributed by atoms with Gasteiger partial charge in [-0.15, -0.1) is 11.3 Å². The highest BCUT2D eigenvalue weighted by molar-refractivity contribution is 9.10. The van der Waals surface area contributed by atoms with Gasteiger partial charge in [0, 0.05) is 15.4 Å². The standard InChI is InChI=1S/C15H18BrNS/c1-2-17-15(10-9-12-6-5-11-18-12)13-7-3-4-8-14(13)16/h3-8,11,15,17H,2,9-10H2,1H3. The normalized spacial score (nSPS) is 12.6. The maximum atomic E-state index is 3.65. The molecule has 3 heteroatoms. The minimum atomic E-state index is 0.424. The molecule has 1 aromatic heterocycles. The van der Waals surface area contributed by atoms with E-state index in [1.807, 2.05) is 11.3 Å². The van der Waals surface area contributed by atoms with Crippen molar-refractivity contribution in [1.82, 2.24) is 5.32 Å². The Hall–Kier alpha value is -0.640. The predicted molar refractivity (Wildman–Crippen MR) is 83.2 cm³/mol. The molecule has 1 nitrogen and oxygen atoms in total. The molecule has 0 fully saturated rings. The van der Waals surface area contributed by atoms with Crippen molar-refractivity contribution in [3.8, 4) is 0 Å². The fraction of sp³-hybridized carbons (Fsp3) is 0.333. The molecule has 0 saturated heterocycles. The lowest BCUT2D eigenvalue weighted by molar-refractivity contribution is 0.515. The van der Waals surface area contributed by atoms with Crippen LogP contribution in [0.15, 0.2) is 46.3 Å². The molecule has 2 aromatic rings. The molecule has 18 heavy (non-hydrogen) atoms. The van der Waals surface area contributed by atoms with Crippen molar-refractivity contribution in [2.24, 2.45) is 0 Å². The van der Waals surface area contributed by atoms with Gasteiger partial charge in [0.05, 0.1) is 0 Å². The zero-order chi connectivity index (χ0) is 12.8. The Morgan fingerprint density at radius 2 is 2.06 bits per heavy atom. The smallest absolute Gasteiger partial charge is 0.0334 e. The number of nitrogens with one attached hydrogen (secondary N) is 1. The fourth-order valence-corrected chi connectivity index (χ4v) is 3.40. The summed E-state index contributed by atoms with van der Waals surface area (Å²) in [7, 11) is 0. The Balaban J connectivity index is 2.06. The SMILES string of the molecule is CCNC(CCc1cccs1)c1ccccc1Br. The van der Waals surface area contributed by atoms with Crippen molar-refractivity contribution in [2.45, 2.75) is 25.8 Å². The van der Waals surface area contributed by atoms with Crippen LogP contribution < -0.4 is 5.32 Å². The van der Waals surface area contributed by atoms with Crippen molar-refractivity contribution < 1.29 is 0 Å². The summed E-state index contributed by atoms with van der Waals surface area (Å²) in [4.78, 5) is 1.46. The Kier molecular flexibility index (Phi) is 5.42. The van der Waals surface area contributed by atoms with Crippen LogP contribution in [0.1, 0.15) is 29.8 Å². The predicted octanol–water partition coefficient (Wildman–Crippen LogP) is 4.79. The van der Waals surface area contributed by atoms with Crippen LogP contribution in [0.2, 0.25) is 0 Å². The number of rotatable bonds is 6. The van der Waals surface area contributed by atoms with Crippen LogP contribution in [-0.4, -0.2) is 6.54 Å². The maximum Gasteiger partial charge on any atom is 0.0334 e. The largest absolute Gasteiger partial charge is 0.310 e. The van der Waals surface area contributed by atoms with Crippen molar-refractivity contribution in [3.63, 3.8) is 0 Å². The van der Waals surface area contributed by atoms with E-state index >= 15 is 0 Å². The molecule has 0 bridgehead atoms.